The van der Waals surface area contributed by atoms with Gasteiger partial charge >= 0.3 is 0 Å². The second-order valence-corrected chi connectivity index (χ2v) is 8.82. The smallest absolute Gasteiger partial charge is 0.213 e. The van der Waals surface area contributed by atoms with E-state index in [0.29, 0.717) is 15.6 Å². The van der Waals surface area contributed by atoms with E-state index in [1.54, 1.807) is 43.1 Å². The van der Waals surface area contributed by atoms with Crippen LogP contribution in [0.1, 0.15) is 19.4 Å². The fourth-order valence-corrected chi connectivity index (χ4v) is 5.36. The standard InChI is InChI=1S/C15H18Cl2N4O3S/c1-10-15(7-20-9-18-8-19-20,13-5-4-12(16)6-14(13)17)24-11(2)21(10)25(3,22)23/h4-6,8-11H,7H2,1-3H3/t10-,11?,15-/m1/s1. The van der Waals surface area contributed by atoms with Gasteiger partial charge in [-0.1, -0.05) is 29.3 Å². The molecule has 1 aliphatic heterocycles. The van der Waals surface area contributed by atoms with Crippen molar-refractivity contribution in [3.05, 3.63) is 46.5 Å². The summed E-state index contributed by atoms with van der Waals surface area (Å²) in [5.41, 5.74) is -0.378. The highest BCUT2D eigenvalue weighted by Gasteiger charge is 2.55. The molecule has 1 fully saturated rings. The van der Waals surface area contributed by atoms with Gasteiger partial charge in [0, 0.05) is 15.6 Å². The Bertz CT molecular complexity index is 875. The molecular weight excluding hydrogens is 387 g/mol. The zero-order valence-corrected chi connectivity index (χ0v) is 16.3. The van der Waals surface area contributed by atoms with Crippen molar-refractivity contribution < 1.29 is 13.2 Å². The highest BCUT2D eigenvalue weighted by atomic mass is 35.5. The number of ether oxygens (including phenoxy) is 1. The molecule has 0 amide bonds. The average Bonchev–Trinajstić information content (AvgIpc) is 3.05. The van der Waals surface area contributed by atoms with Crippen molar-refractivity contribution in [3.8, 4) is 0 Å². The van der Waals surface area contributed by atoms with Gasteiger partial charge in [0.05, 0.1) is 18.8 Å². The number of benzene rings is 1. The van der Waals surface area contributed by atoms with Crippen molar-refractivity contribution in [3.63, 3.8) is 0 Å². The van der Waals surface area contributed by atoms with E-state index in [0.717, 1.165) is 0 Å². The minimum atomic E-state index is -3.49. The number of hydrogen-bond acceptors (Lipinski definition) is 5. The van der Waals surface area contributed by atoms with Crippen LogP contribution < -0.4 is 0 Å². The molecule has 0 aliphatic carbocycles. The molecule has 3 rings (SSSR count). The molecule has 3 atom stereocenters. The van der Waals surface area contributed by atoms with Gasteiger partial charge in [0.15, 0.2) is 0 Å². The summed E-state index contributed by atoms with van der Waals surface area (Å²) < 4.78 is 33.7. The lowest BCUT2D eigenvalue weighted by Crippen LogP contribution is -2.46. The molecule has 25 heavy (non-hydrogen) atoms. The van der Waals surface area contributed by atoms with Crippen molar-refractivity contribution >= 4 is 33.2 Å². The zero-order valence-electron chi connectivity index (χ0n) is 13.9. The Hall–Kier alpha value is -1.19. The molecule has 2 heterocycles. The summed E-state index contributed by atoms with van der Waals surface area (Å²) in [5, 5.41) is 5.03. The minimum Gasteiger partial charge on any atom is -0.348 e. The van der Waals surface area contributed by atoms with Crippen molar-refractivity contribution in [2.45, 2.75) is 38.3 Å². The van der Waals surface area contributed by atoms with Crippen LogP contribution >= 0.6 is 23.2 Å². The van der Waals surface area contributed by atoms with E-state index in [-0.39, 0.29) is 6.54 Å². The van der Waals surface area contributed by atoms with Gasteiger partial charge in [0.2, 0.25) is 10.0 Å². The van der Waals surface area contributed by atoms with E-state index >= 15 is 0 Å². The molecule has 1 aromatic carbocycles. The van der Waals surface area contributed by atoms with Gasteiger partial charge in [0.25, 0.3) is 0 Å². The summed E-state index contributed by atoms with van der Waals surface area (Å²) in [5.74, 6) is 0. The first-order valence-corrected chi connectivity index (χ1v) is 10.2. The van der Waals surface area contributed by atoms with Crippen molar-refractivity contribution in [2.75, 3.05) is 6.26 Å². The van der Waals surface area contributed by atoms with E-state index in [1.807, 2.05) is 0 Å². The lowest BCUT2D eigenvalue weighted by molar-refractivity contribution is -0.0619. The molecule has 136 valence electrons. The van der Waals surface area contributed by atoms with Crippen LogP contribution in [0.5, 0.6) is 0 Å². The Labute approximate surface area is 156 Å². The van der Waals surface area contributed by atoms with Crippen molar-refractivity contribution in [1.29, 1.82) is 0 Å². The van der Waals surface area contributed by atoms with E-state index in [2.05, 4.69) is 10.1 Å². The van der Waals surface area contributed by atoms with Crippen LogP contribution in [0, 0.1) is 0 Å². The van der Waals surface area contributed by atoms with E-state index in [4.69, 9.17) is 27.9 Å². The summed E-state index contributed by atoms with van der Waals surface area (Å²) >= 11 is 12.5. The van der Waals surface area contributed by atoms with Crippen molar-refractivity contribution in [1.82, 2.24) is 19.1 Å². The second-order valence-electron chi connectivity index (χ2n) is 6.09. The average molecular weight is 405 g/mol. The summed E-state index contributed by atoms with van der Waals surface area (Å²) in [6.07, 6.45) is 3.47. The van der Waals surface area contributed by atoms with Gasteiger partial charge in [-0.15, -0.1) is 0 Å². The maximum Gasteiger partial charge on any atom is 0.213 e. The summed E-state index contributed by atoms with van der Waals surface area (Å²) in [4.78, 5) is 3.95. The van der Waals surface area contributed by atoms with E-state index in [9.17, 15) is 8.42 Å². The number of sulfonamides is 1. The molecule has 1 aliphatic rings. The van der Waals surface area contributed by atoms with Gasteiger partial charge in [-0.2, -0.15) is 9.40 Å². The molecule has 0 spiro atoms. The van der Waals surface area contributed by atoms with Crippen LogP contribution in [0.4, 0.5) is 0 Å². The number of aromatic nitrogens is 3. The summed E-state index contributed by atoms with van der Waals surface area (Å²) in [6.45, 7) is 3.75. The zero-order chi connectivity index (χ0) is 18.4. The number of hydrogen-bond donors (Lipinski definition) is 0. The van der Waals surface area contributed by atoms with Crippen LogP contribution in [0.3, 0.4) is 0 Å². The molecule has 0 N–H and O–H groups in total. The molecule has 0 bridgehead atoms. The van der Waals surface area contributed by atoms with Crippen LogP contribution in [0.25, 0.3) is 0 Å². The van der Waals surface area contributed by atoms with Gasteiger partial charge < -0.3 is 4.74 Å². The molecule has 2 aromatic rings. The fourth-order valence-electron chi connectivity index (χ4n) is 3.46. The van der Waals surface area contributed by atoms with Crippen LogP contribution in [-0.4, -0.2) is 46.0 Å². The lowest BCUT2D eigenvalue weighted by Gasteiger charge is -2.34. The Kier molecular flexibility index (Phi) is 4.85. The SMILES string of the molecule is CC1O[C@@](Cn2cncn2)(c2ccc(Cl)cc2Cl)[C@@H](C)N1S(C)(=O)=O. The molecule has 10 heteroatoms. The first-order valence-electron chi connectivity index (χ1n) is 7.59. The molecule has 0 radical (unpaired) electrons. The maximum atomic E-state index is 12.3. The Morgan fingerprint density at radius 1 is 1.32 bits per heavy atom. The van der Waals surface area contributed by atoms with Crippen molar-refractivity contribution in [2.24, 2.45) is 0 Å². The highest BCUT2D eigenvalue weighted by Crippen LogP contribution is 2.46. The van der Waals surface area contributed by atoms with E-state index in [1.165, 1.54) is 16.9 Å². The number of rotatable bonds is 4. The predicted octanol–water partition coefficient (Wildman–Crippen LogP) is 2.51. The molecule has 1 unspecified atom stereocenters. The first kappa shape index (κ1) is 18.6. The Morgan fingerprint density at radius 3 is 2.56 bits per heavy atom. The summed E-state index contributed by atoms with van der Waals surface area (Å²) in [6, 6.07) is 4.57. The Balaban J connectivity index is 2.17. The Morgan fingerprint density at radius 2 is 2.04 bits per heavy atom. The quantitative estimate of drug-likeness (QED) is 0.781. The third kappa shape index (κ3) is 3.29. The lowest BCUT2D eigenvalue weighted by atomic mass is 9.87. The molecule has 7 nitrogen and oxygen atoms in total. The largest absolute Gasteiger partial charge is 0.348 e. The van der Waals surface area contributed by atoms with Crippen LogP contribution in [-0.2, 0) is 26.9 Å². The molecule has 0 saturated carbocycles. The second kappa shape index (κ2) is 6.51. The normalized spacial score (nSPS) is 27.7. The minimum absolute atomic E-state index is 0.256. The molecule has 1 aromatic heterocycles. The van der Waals surface area contributed by atoms with Crippen LogP contribution in [0.2, 0.25) is 10.0 Å². The van der Waals surface area contributed by atoms with Gasteiger partial charge in [-0.3, -0.25) is 0 Å². The highest BCUT2D eigenvalue weighted by molar-refractivity contribution is 7.88. The van der Waals surface area contributed by atoms with Crippen LogP contribution in [0.15, 0.2) is 30.9 Å². The first-order chi connectivity index (χ1) is 11.6. The third-order valence-corrected chi connectivity index (χ3v) is 6.36. The fraction of sp³-hybridized carbons (Fsp3) is 0.467. The maximum absolute atomic E-state index is 12.3. The number of halogens is 2. The molecule has 1 saturated heterocycles. The van der Waals surface area contributed by atoms with Gasteiger partial charge in [0.1, 0.15) is 24.5 Å². The monoisotopic (exact) mass is 404 g/mol. The molecular formula is C15H18Cl2N4O3S. The van der Waals surface area contributed by atoms with E-state index < -0.39 is 27.9 Å². The summed E-state index contributed by atoms with van der Waals surface area (Å²) in [7, 11) is -3.49. The third-order valence-electron chi connectivity index (χ3n) is 4.43. The van der Waals surface area contributed by atoms with Gasteiger partial charge in [-0.05, 0) is 26.0 Å². The predicted molar refractivity (Wildman–Crippen MR) is 94.9 cm³/mol. The topological polar surface area (TPSA) is 77.3 Å². The van der Waals surface area contributed by atoms with Gasteiger partial charge in [-0.25, -0.2) is 18.1 Å². The number of nitrogens with zero attached hydrogens (tertiary/aromatic N) is 4.